The molecule has 0 radical (unpaired) electrons. The number of Topliss-reactive ketones (excluding diaryl/α,β-unsaturated/α-hetero) is 2. The van der Waals surface area contributed by atoms with Gasteiger partial charge in [0, 0.05) is 18.2 Å². The van der Waals surface area contributed by atoms with E-state index in [9.17, 15) is 19.8 Å². The molecule has 0 aliphatic carbocycles. The Morgan fingerprint density at radius 3 is 2.81 bits per heavy atom. The van der Waals surface area contributed by atoms with Crippen LogP contribution >= 0.6 is 0 Å². The molecule has 0 fully saturated rings. The maximum Gasteiger partial charge on any atom is 0.207 e. The third kappa shape index (κ3) is 2.76. The molecule has 1 aliphatic rings. The minimum Gasteiger partial charge on any atom is -0.485 e. The maximum atomic E-state index is 11.9. The molecule has 1 heterocycles. The summed E-state index contributed by atoms with van der Waals surface area (Å²) in [6, 6.07) is 1.39. The van der Waals surface area contributed by atoms with Crippen LogP contribution in [0.1, 0.15) is 39.3 Å². The lowest BCUT2D eigenvalue weighted by Crippen LogP contribution is -2.15. The first-order valence-electron chi connectivity index (χ1n) is 6.29. The highest BCUT2D eigenvalue weighted by atomic mass is 16.7. The van der Waals surface area contributed by atoms with Crippen LogP contribution in [0.15, 0.2) is 6.07 Å². The molecule has 1 atom stereocenters. The third-order valence-electron chi connectivity index (χ3n) is 3.13. The Morgan fingerprint density at radius 1 is 1.52 bits per heavy atom. The summed E-state index contributed by atoms with van der Waals surface area (Å²) in [7, 11) is 1.40. The third-order valence-corrected chi connectivity index (χ3v) is 3.13. The van der Waals surface area contributed by atoms with Crippen LogP contribution in [0, 0.1) is 0 Å². The molecule has 1 aliphatic heterocycles. The van der Waals surface area contributed by atoms with Crippen LogP contribution in [0.25, 0.3) is 0 Å². The number of hydrogen-bond acceptors (Lipinski definition) is 7. The largest absolute Gasteiger partial charge is 0.485 e. The molecular formula is C14H16O7. The minimum absolute atomic E-state index is 0.0172. The zero-order valence-corrected chi connectivity index (χ0v) is 11.7. The van der Waals surface area contributed by atoms with Crippen LogP contribution in [0.5, 0.6) is 11.5 Å². The Kier molecular flexibility index (Phi) is 4.56. The van der Waals surface area contributed by atoms with Crippen molar-refractivity contribution in [1.82, 2.24) is 0 Å². The van der Waals surface area contributed by atoms with E-state index in [0.29, 0.717) is 0 Å². The van der Waals surface area contributed by atoms with Crippen LogP contribution in [0.2, 0.25) is 0 Å². The van der Waals surface area contributed by atoms with Crippen molar-refractivity contribution in [2.45, 2.75) is 13.0 Å². The summed E-state index contributed by atoms with van der Waals surface area (Å²) in [4.78, 5) is 23.7. The minimum atomic E-state index is -1.35. The van der Waals surface area contributed by atoms with Gasteiger partial charge in [-0.3, -0.25) is 9.59 Å². The van der Waals surface area contributed by atoms with Crippen molar-refractivity contribution < 1.29 is 34.0 Å². The monoisotopic (exact) mass is 296 g/mol. The second-order valence-corrected chi connectivity index (χ2v) is 4.56. The molecule has 21 heavy (non-hydrogen) atoms. The van der Waals surface area contributed by atoms with E-state index in [-0.39, 0.29) is 53.2 Å². The first kappa shape index (κ1) is 15.4. The fourth-order valence-electron chi connectivity index (χ4n) is 2.22. The summed E-state index contributed by atoms with van der Waals surface area (Å²) in [6.45, 7) is 0.366. The smallest absolute Gasteiger partial charge is 0.207 e. The summed E-state index contributed by atoms with van der Waals surface area (Å²) >= 11 is 0. The van der Waals surface area contributed by atoms with Crippen molar-refractivity contribution >= 4 is 11.6 Å². The second-order valence-electron chi connectivity index (χ2n) is 4.56. The van der Waals surface area contributed by atoms with E-state index in [0.717, 1.165) is 0 Å². The highest BCUT2D eigenvalue weighted by Crippen LogP contribution is 2.41. The number of carbonyl (C=O) groups is 2. The molecule has 0 amide bonds. The number of fused-ring (bicyclic) bond motifs is 1. The summed E-state index contributed by atoms with van der Waals surface area (Å²) in [5, 5.41) is 19.2. The predicted molar refractivity (Wildman–Crippen MR) is 70.8 cm³/mol. The van der Waals surface area contributed by atoms with Crippen LogP contribution in [0.3, 0.4) is 0 Å². The molecule has 1 aromatic rings. The molecule has 2 rings (SSSR count). The van der Waals surface area contributed by atoms with Gasteiger partial charge in [0.2, 0.25) is 5.78 Å². The van der Waals surface area contributed by atoms with Gasteiger partial charge in [-0.2, -0.15) is 0 Å². The molecular weight excluding hydrogens is 280 g/mol. The maximum absolute atomic E-state index is 11.9. The molecule has 0 saturated heterocycles. The molecule has 0 saturated carbocycles. The molecule has 1 unspecified atom stereocenters. The van der Waals surface area contributed by atoms with E-state index in [1.807, 2.05) is 0 Å². The van der Waals surface area contributed by atoms with Gasteiger partial charge in [0.1, 0.15) is 23.2 Å². The zero-order chi connectivity index (χ0) is 15.6. The van der Waals surface area contributed by atoms with Crippen LogP contribution < -0.4 is 9.47 Å². The second kappa shape index (κ2) is 6.21. The number of benzene rings is 1. The van der Waals surface area contributed by atoms with E-state index in [1.165, 1.54) is 20.1 Å². The predicted octanol–water partition coefficient (Wildman–Crippen LogP) is 0.473. The van der Waals surface area contributed by atoms with Gasteiger partial charge < -0.3 is 24.4 Å². The van der Waals surface area contributed by atoms with Crippen molar-refractivity contribution in [2.24, 2.45) is 0 Å². The van der Waals surface area contributed by atoms with Crippen molar-refractivity contribution in [2.75, 3.05) is 27.1 Å². The summed E-state index contributed by atoms with van der Waals surface area (Å²) in [5.41, 5.74) is 0.357. The van der Waals surface area contributed by atoms with Crippen molar-refractivity contribution in [3.63, 3.8) is 0 Å². The van der Waals surface area contributed by atoms with Crippen molar-refractivity contribution in [1.29, 1.82) is 0 Å². The topological polar surface area (TPSA) is 102 Å². The Labute approximate surface area is 121 Å². The number of ketones is 2. The average Bonchev–Trinajstić information content (AvgIpc) is 2.84. The molecule has 7 heteroatoms. The molecule has 0 bridgehead atoms. The first-order chi connectivity index (χ1) is 10.0. The number of methoxy groups -OCH3 is 1. The Balaban J connectivity index is 2.70. The molecule has 1 aromatic carbocycles. The van der Waals surface area contributed by atoms with Crippen molar-refractivity contribution in [3.05, 3.63) is 22.8 Å². The lowest BCUT2D eigenvalue weighted by molar-refractivity contribution is 0.0435. The number of ether oxygens (including phenoxy) is 3. The molecule has 0 spiro atoms. The van der Waals surface area contributed by atoms with Crippen LogP contribution in [0.4, 0.5) is 0 Å². The van der Waals surface area contributed by atoms with E-state index in [1.54, 1.807) is 0 Å². The quantitative estimate of drug-likeness (QED) is 0.581. The molecule has 7 nitrogen and oxygen atoms in total. The van der Waals surface area contributed by atoms with Gasteiger partial charge in [0.15, 0.2) is 19.2 Å². The first-order valence-corrected chi connectivity index (χ1v) is 6.29. The van der Waals surface area contributed by atoms with Gasteiger partial charge in [0.05, 0.1) is 6.61 Å². The lowest BCUT2D eigenvalue weighted by Gasteiger charge is -2.19. The van der Waals surface area contributed by atoms with Gasteiger partial charge in [0.25, 0.3) is 0 Å². The van der Waals surface area contributed by atoms with Gasteiger partial charge in [-0.25, -0.2) is 0 Å². The summed E-state index contributed by atoms with van der Waals surface area (Å²) in [5.74, 6) is -0.420. The molecule has 114 valence electrons. The number of aliphatic hydroxyl groups excluding tert-OH is 2. The highest BCUT2D eigenvalue weighted by molar-refractivity contribution is 6.07. The normalized spacial score (nSPS) is 14.6. The Hall–Kier alpha value is -1.96. The van der Waals surface area contributed by atoms with Crippen molar-refractivity contribution in [3.8, 4) is 11.5 Å². The van der Waals surface area contributed by atoms with Gasteiger partial charge in [-0.15, -0.1) is 0 Å². The van der Waals surface area contributed by atoms with E-state index in [2.05, 4.69) is 0 Å². The number of rotatable bonds is 6. The lowest BCUT2D eigenvalue weighted by atomic mass is 9.94. The van der Waals surface area contributed by atoms with E-state index in [4.69, 9.17) is 14.2 Å². The van der Waals surface area contributed by atoms with Gasteiger partial charge >= 0.3 is 0 Å². The van der Waals surface area contributed by atoms with E-state index >= 15 is 0 Å². The van der Waals surface area contributed by atoms with Crippen LogP contribution in [-0.2, 0) is 4.74 Å². The number of carbonyl (C=O) groups excluding carboxylic acids is 2. The fourth-order valence-corrected chi connectivity index (χ4v) is 2.22. The zero-order valence-electron chi connectivity index (χ0n) is 11.7. The summed E-state index contributed by atoms with van der Waals surface area (Å²) in [6.07, 6.45) is -1.35. The Morgan fingerprint density at radius 2 is 2.24 bits per heavy atom. The number of hydrogen-bond donors (Lipinski definition) is 2. The standard InChI is InChI=1S/C14H16O7/c1-7(16)8-3-11-13(10(18)5-20-11)14(21-6-19-2)12(8)9(17)4-15/h3,9,15,17H,4-6H2,1-2H3. The molecule has 0 aromatic heterocycles. The van der Waals surface area contributed by atoms with Crippen LogP contribution in [-0.4, -0.2) is 48.9 Å². The molecule has 2 N–H and O–H groups in total. The average molecular weight is 296 g/mol. The van der Waals surface area contributed by atoms with Gasteiger partial charge in [-0.05, 0) is 13.0 Å². The fraction of sp³-hybridized carbons (Fsp3) is 0.429. The van der Waals surface area contributed by atoms with Gasteiger partial charge in [-0.1, -0.05) is 0 Å². The Bertz CT molecular complexity index is 579. The number of aliphatic hydroxyl groups is 2. The van der Waals surface area contributed by atoms with E-state index < -0.39 is 12.7 Å². The summed E-state index contributed by atoms with van der Waals surface area (Å²) < 4.78 is 15.4. The SMILES string of the molecule is COCOc1c2c(cc(C(C)=O)c1C(O)CO)OCC2=O. The highest BCUT2D eigenvalue weighted by Gasteiger charge is 2.33.